The molecule has 1 fully saturated rings. The van der Waals surface area contributed by atoms with E-state index in [1.165, 1.54) is 12.5 Å². The van der Waals surface area contributed by atoms with E-state index >= 15 is 0 Å². The molecular formula is C15H21FN2O. The van der Waals surface area contributed by atoms with Crippen LogP contribution >= 0.6 is 0 Å². The lowest BCUT2D eigenvalue weighted by atomic mass is 9.86. The van der Waals surface area contributed by atoms with E-state index in [9.17, 15) is 9.18 Å². The van der Waals surface area contributed by atoms with Gasteiger partial charge in [0, 0.05) is 11.7 Å². The Morgan fingerprint density at radius 2 is 2.05 bits per heavy atom. The molecule has 2 amide bonds. The number of hydrogen-bond acceptors (Lipinski definition) is 1. The Morgan fingerprint density at radius 3 is 2.74 bits per heavy atom. The molecule has 1 aromatic carbocycles. The number of rotatable bonds is 2. The van der Waals surface area contributed by atoms with Crippen molar-refractivity contribution in [3.8, 4) is 0 Å². The molecule has 2 rings (SSSR count). The van der Waals surface area contributed by atoms with Crippen molar-refractivity contribution in [3.05, 3.63) is 29.6 Å². The number of benzene rings is 1. The Bertz CT molecular complexity index is 461. The average molecular weight is 264 g/mol. The first-order valence-electron chi connectivity index (χ1n) is 6.90. The highest BCUT2D eigenvalue weighted by Gasteiger charge is 2.22. The molecule has 0 aromatic heterocycles. The molecule has 0 spiro atoms. The summed E-state index contributed by atoms with van der Waals surface area (Å²) in [6, 6.07) is 4.70. The molecule has 4 heteroatoms. The van der Waals surface area contributed by atoms with Gasteiger partial charge >= 0.3 is 6.03 Å². The quantitative estimate of drug-likeness (QED) is 0.837. The number of urea groups is 1. The van der Waals surface area contributed by atoms with E-state index in [4.69, 9.17) is 0 Å². The Labute approximate surface area is 113 Å². The zero-order valence-electron chi connectivity index (χ0n) is 11.5. The summed E-state index contributed by atoms with van der Waals surface area (Å²) in [5, 5.41) is 5.67. The second-order valence-electron chi connectivity index (χ2n) is 5.43. The molecule has 1 aromatic rings. The van der Waals surface area contributed by atoms with E-state index in [0.29, 0.717) is 17.2 Å². The highest BCUT2D eigenvalue weighted by atomic mass is 19.1. The predicted octanol–water partition coefficient (Wildman–Crippen LogP) is 3.83. The van der Waals surface area contributed by atoms with E-state index in [1.54, 1.807) is 19.1 Å². The van der Waals surface area contributed by atoms with Crippen LogP contribution in [0.15, 0.2) is 18.2 Å². The molecule has 0 saturated heterocycles. The van der Waals surface area contributed by atoms with Gasteiger partial charge < -0.3 is 10.6 Å². The maximum Gasteiger partial charge on any atom is 0.319 e. The van der Waals surface area contributed by atoms with Crippen LogP contribution in [0.2, 0.25) is 0 Å². The van der Waals surface area contributed by atoms with E-state index < -0.39 is 0 Å². The topological polar surface area (TPSA) is 41.1 Å². The van der Waals surface area contributed by atoms with Gasteiger partial charge in [-0.1, -0.05) is 25.8 Å². The first-order chi connectivity index (χ1) is 9.06. The maximum atomic E-state index is 13.4. The second-order valence-corrected chi connectivity index (χ2v) is 5.43. The third-order valence-corrected chi connectivity index (χ3v) is 3.86. The molecule has 104 valence electrons. The van der Waals surface area contributed by atoms with Crippen molar-refractivity contribution in [1.82, 2.24) is 5.32 Å². The first-order valence-corrected chi connectivity index (χ1v) is 6.90. The summed E-state index contributed by atoms with van der Waals surface area (Å²) in [7, 11) is 0. The minimum Gasteiger partial charge on any atom is -0.335 e. The van der Waals surface area contributed by atoms with Gasteiger partial charge in [0.15, 0.2) is 0 Å². The highest BCUT2D eigenvalue weighted by molar-refractivity contribution is 5.89. The van der Waals surface area contributed by atoms with Gasteiger partial charge in [-0.25, -0.2) is 9.18 Å². The van der Waals surface area contributed by atoms with Crippen LogP contribution in [0, 0.1) is 18.7 Å². The molecule has 1 aliphatic carbocycles. The van der Waals surface area contributed by atoms with Crippen LogP contribution in [0.1, 0.15) is 38.2 Å². The third kappa shape index (κ3) is 3.69. The van der Waals surface area contributed by atoms with Crippen LogP contribution in [0.5, 0.6) is 0 Å². The SMILES string of the molecule is Cc1ccc(NC(=O)N[C@@H]2CCCC[C@H]2C)cc1F. The summed E-state index contributed by atoms with van der Waals surface area (Å²) in [6.07, 6.45) is 4.58. The Morgan fingerprint density at radius 1 is 1.32 bits per heavy atom. The number of amides is 2. The summed E-state index contributed by atoms with van der Waals surface area (Å²) >= 11 is 0. The predicted molar refractivity (Wildman–Crippen MR) is 74.7 cm³/mol. The number of anilines is 1. The summed E-state index contributed by atoms with van der Waals surface area (Å²) < 4.78 is 13.4. The lowest BCUT2D eigenvalue weighted by Gasteiger charge is -2.29. The van der Waals surface area contributed by atoms with Crippen LogP contribution in [0.25, 0.3) is 0 Å². The molecule has 0 radical (unpaired) electrons. The standard InChI is InChI=1S/C15H21FN2O/c1-10-7-8-12(9-13(10)16)17-15(19)18-14-6-4-3-5-11(14)2/h7-9,11,14H,3-6H2,1-2H3,(H2,17,18,19)/t11-,14-/m1/s1. The molecule has 0 bridgehead atoms. The van der Waals surface area contributed by atoms with Crippen molar-refractivity contribution < 1.29 is 9.18 Å². The summed E-state index contributed by atoms with van der Waals surface area (Å²) in [4.78, 5) is 11.9. The average Bonchev–Trinajstić information content (AvgIpc) is 2.37. The Kier molecular flexibility index (Phi) is 4.40. The van der Waals surface area contributed by atoms with E-state index in [0.717, 1.165) is 19.3 Å². The van der Waals surface area contributed by atoms with E-state index in [1.807, 2.05) is 0 Å². The highest BCUT2D eigenvalue weighted by Crippen LogP contribution is 2.23. The largest absolute Gasteiger partial charge is 0.335 e. The van der Waals surface area contributed by atoms with Gasteiger partial charge in [-0.3, -0.25) is 0 Å². The van der Waals surface area contributed by atoms with Gasteiger partial charge in [0.05, 0.1) is 0 Å². The lowest BCUT2D eigenvalue weighted by molar-refractivity contribution is 0.232. The second kappa shape index (κ2) is 6.04. The molecule has 2 atom stereocenters. The maximum absolute atomic E-state index is 13.4. The molecule has 0 unspecified atom stereocenters. The first kappa shape index (κ1) is 13.8. The minimum atomic E-state index is -0.302. The van der Waals surface area contributed by atoms with Crippen LogP contribution in [0.3, 0.4) is 0 Å². The molecule has 2 N–H and O–H groups in total. The molecule has 0 aliphatic heterocycles. The molecular weight excluding hydrogens is 243 g/mol. The molecule has 1 aliphatic rings. The number of hydrogen-bond donors (Lipinski definition) is 2. The summed E-state index contributed by atoms with van der Waals surface area (Å²) in [5.74, 6) is 0.207. The van der Waals surface area contributed by atoms with Crippen molar-refractivity contribution in [2.24, 2.45) is 5.92 Å². The van der Waals surface area contributed by atoms with Crippen LogP contribution < -0.4 is 10.6 Å². The van der Waals surface area contributed by atoms with E-state index in [-0.39, 0.29) is 17.9 Å². The number of carbonyl (C=O) groups excluding carboxylic acids is 1. The minimum absolute atomic E-state index is 0.226. The van der Waals surface area contributed by atoms with Crippen molar-refractivity contribution >= 4 is 11.7 Å². The van der Waals surface area contributed by atoms with Gasteiger partial charge in [-0.05, 0) is 43.4 Å². The summed E-state index contributed by atoms with van der Waals surface area (Å²) in [5.41, 5.74) is 1.07. The van der Waals surface area contributed by atoms with Crippen molar-refractivity contribution in [3.63, 3.8) is 0 Å². The zero-order chi connectivity index (χ0) is 13.8. The number of aryl methyl sites for hydroxylation is 1. The normalized spacial score (nSPS) is 22.9. The van der Waals surface area contributed by atoms with E-state index in [2.05, 4.69) is 17.6 Å². The molecule has 0 heterocycles. The third-order valence-electron chi connectivity index (χ3n) is 3.86. The van der Waals surface area contributed by atoms with Gasteiger partial charge in [0.1, 0.15) is 5.82 Å². The lowest BCUT2D eigenvalue weighted by Crippen LogP contribution is -2.43. The molecule has 1 saturated carbocycles. The monoisotopic (exact) mass is 264 g/mol. The zero-order valence-corrected chi connectivity index (χ0v) is 11.5. The Balaban J connectivity index is 1.91. The molecule has 19 heavy (non-hydrogen) atoms. The van der Waals surface area contributed by atoms with Crippen molar-refractivity contribution in [1.29, 1.82) is 0 Å². The fourth-order valence-corrected chi connectivity index (χ4v) is 2.54. The Hall–Kier alpha value is -1.58. The fourth-order valence-electron chi connectivity index (χ4n) is 2.54. The van der Waals surface area contributed by atoms with Crippen molar-refractivity contribution in [2.75, 3.05) is 5.32 Å². The van der Waals surface area contributed by atoms with Gasteiger partial charge in [0.25, 0.3) is 0 Å². The summed E-state index contributed by atoms with van der Waals surface area (Å²) in [6.45, 7) is 3.86. The van der Waals surface area contributed by atoms with Gasteiger partial charge in [-0.15, -0.1) is 0 Å². The van der Waals surface area contributed by atoms with Crippen LogP contribution in [-0.4, -0.2) is 12.1 Å². The fraction of sp³-hybridized carbons (Fsp3) is 0.533. The van der Waals surface area contributed by atoms with Gasteiger partial charge in [-0.2, -0.15) is 0 Å². The van der Waals surface area contributed by atoms with Gasteiger partial charge in [0.2, 0.25) is 0 Å². The van der Waals surface area contributed by atoms with Crippen LogP contribution in [-0.2, 0) is 0 Å². The smallest absolute Gasteiger partial charge is 0.319 e. The number of halogens is 1. The van der Waals surface area contributed by atoms with Crippen molar-refractivity contribution in [2.45, 2.75) is 45.6 Å². The number of nitrogens with one attached hydrogen (secondary N) is 2. The van der Waals surface area contributed by atoms with Crippen LogP contribution in [0.4, 0.5) is 14.9 Å². The molecule has 3 nitrogen and oxygen atoms in total. The number of carbonyl (C=O) groups is 1.